The number of nitrogens with zero attached hydrogens (tertiary/aromatic N) is 2. The summed E-state index contributed by atoms with van der Waals surface area (Å²) in [5, 5.41) is 4.95. The molecule has 2 amide bonds. The van der Waals surface area contributed by atoms with Gasteiger partial charge in [0.2, 0.25) is 5.91 Å². The number of carbonyl (C=O) groups is 2. The van der Waals surface area contributed by atoms with Crippen molar-refractivity contribution in [1.29, 1.82) is 0 Å². The lowest BCUT2D eigenvalue weighted by atomic mass is 10.1. The Morgan fingerprint density at radius 3 is 2.37 bits per heavy atom. The van der Waals surface area contributed by atoms with Crippen LogP contribution in [0, 0.1) is 0 Å². The maximum Gasteiger partial charge on any atom is 0.253 e. The Kier molecular flexibility index (Phi) is 7.82. The molecule has 0 unspecified atom stereocenters. The Labute approximate surface area is 181 Å². The van der Waals surface area contributed by atoms with E-state index < -0.39 is 0 Å². The van der Waals surface area contributed by atoms with Crippen molar-refractivity contribution in [3.8, 4) is 0 Å². The average Bonchev–Trinajstić information content (AvgIpc) is 3.43. The van der Waals surface area contributed by atoms with Gasteiger partial charge >= 0.3 is 0 Å². The Hall–Kier alpha value is -2.90. The zero-order valence-corrected chi connectivity index (χ0v) is 18.2. The summed E-state index contributed by atoms with van der Waals surface area (Å²) in [6.45, 7) is 6.71. The molecule has 0 radical (unpaired) electrons. The highest BCUT2D eigenvalue weighted by molar-refractivity contribution is 7.09. The standard InChI is InChI=1S/C23H27N3O3S/c1-3-26(4-2)23(28)18-9-11-19(12-10-18)24-22(27)17-25(15-20-7-5-13-29-20)16-21-8-6-14-30-21/h5-14H,3-4,15-17H2,1-2H3,(H,24,27). The lowest BCUT2D eigenvalue weighted by Gasteiger charge is -2.20. The maximum atomic E-state index is 12.6. The number of thiophene rings is 1. The molecular formula is C23H27N3O3S. The first-order valence-corrected chi connectivity index (χ1v) is 10.9. The second-order valence-corrected chi connectivity index (χ2v) is 7.94. The van der Waals surface area contributed by atoms with Gasteiger partial charge in [-0.25, -0.2) is 0 Å². The average molecular weight is 426 g/mol. The quantitative estimate of drug-likeness (QED) is 0.521. The lowest BCUT2D eigenvalue weighted by Crippen LogP contribution is -2.32. The van der Waals surface area contributed by atoms with E-state index in [0.717, 1.165) is 5.76 Å². The minimum Gasteiger partial charge on any atom is -0.468 e. The van der Waals surface area contributed by atoms with Crippen LogP contribution in [-0.2, 0) is 17.9 Å². The Bertz CT molecular complexity index is 881. The van der Waals surface area contributed by atoms with Crippen molar-refractivity contribution in [3.63, 3.8) is 0 Å². The highest BCUT2D eigenvalue weighted by atomic mass is 32.1. The molecule has 3 aromatic rings. The number of hydrogen-bond acceptors (Lipinski definition) is 5. The van der Waals surface area contributed by atoms with Gasteiger partial charge in [0, 0.05) is 35.8 Å². The van der Waals surface area contributed by atoms with E-state index in [4.69, 9.17) is 4.42 Å². The van der Waals surface area contributed by atoms with Gasteiger partial charge in [-0.1, -0.05) is 6.07 Å². The zero-order chi connectivity index (χ0) is 21.3. The van der Waals surface area contributed by atoms with Crippen molar-refractivity contribution in [1.82, 2.24) is 9.80 Å². The molecule has 0 aliphatic heterocycles. The van der Waals surface area contributed by atoms with E-state index in [-0.39, 0.29) is 18.4 Å². The molecule has 1 N–H and O–H groups in total. The smallest absolute Gasteiger partial charge is 0.253 e. The number of rotatable bonds is 10. The third-order valence-electron chi connectivity index (χ3n) is 4.75. The maximum absolute atomic E-state index is 12.6. The van der Waals surface area contributed by atoms with Crippen molar-refractivity contribution in [2.75, 3.05) is 25.0 Å². The predicted octanol–water partition coefficient (Wildman–Crippen LogP) is 4.46. The third-order valence-corrected chi connectivity index (χ3v) is 5.61. The van der Waals surface area contributed by atoms with Gasteiger partial charge < -0.3 is 14.6 Å². The molecule has 158 valence electrons. The summed E-state index contributed by atoms with van der Waals surface area (Å²) >= 11 is 1.67. The van der Waals surface area contributed by atoms with Gasteiger partial charge in [-0.3, -0.25) is 14.5 Å². The van der Waals surface area contributed by atoms with Crippen LogP contribution in [0.1, 0.15) is 34.8 Å². The molecule has 6 nitrogen and oxygen atoms in total. The van der Waals surface area contributed by atoms with E-state index in [9.17, 15) is 9.59 Å². The second-order valence-electron chi connectivity index (χ2n) is 6.91. The first-order chi connectivity index (χ1) is 14.6. The van der Waals surface area contributed by atoms with Crippen molar-refractivity contribution in [3.05, 3.63) is 76.4 Å². The Morgan fingerprint density at radius 1 is 1.00 bits per heavy atom. The molecule has 2 aromatic heterocycles. The van der Waals surface area contributed by atoms with E-state index in [1.807, 2.05) is 42.3 Å². The fourth-order valence-electron chi connectivity index (χ4n) is 3.21. The van der Waals surface area contributed by atoms with Crippen molar-refractivity contribution in [2.24, 2.45) is 0 Å². The number of carbonyl (C=O) groups excluding carboxylic acids is 2. The predicted molar refractivity (Wildman–Crippen MR) is 119 cm³/mol. The van der Waals surface area contributed by atoms with E-state index in [1.165, 1.54) is 4.88 Å². The number of hydrogen-bond donors (Lipinski definition) is 1. The molecule has 0 bridgehead atoms. The van der Waals surface area contributed by atoms with Gasteiger partial charge in [0.1, 0.15) is 5.76 Å². The van der Waals surface area contributed by atoms with Crippen molar-refractivity contribution >= 4 is 28.8 Å². The lowest BCUT2D eigenvalue weighted by molar-refractivity contribution is -0.117. The first-order valence-electron chi connectivity index (χ1n) is 10.0. The summed E-state index contributed by atoms with van der Waals surface area (Å²) in [6.07, 6.45) is 1.64. The Morgan fingerprint density at radius 2 is 1.77 bits per heavy atom. The fourth-order valence-corrected chi connectivity index (χ4v) is 3.95. The summed E-state index contributed by atoms with van der Waals surface area (Å²) in [6, 6.07) is 14.9. The van der Waals surface area contributed by atoms with E-state index in [1.54, 1.807) is 46.8 Å². The monoisotopic (exact) mass is 425 g/mol. The van der Waals surface area contributed by atoms with Gasteiger partial charge in [-0.05, 0) is 61.7 Å². The number of amides is 2. The molecule has 1 aromatic carbocycles. The second kappa shape index (κ2) is 10.8. The van der Waals surface area contributed by atoms with E-state index in [2.05, 4.69) is 11.4 Å². The number of nitrogens with one attached hydrogen (secondary N) is 1. The molecule has 0 saturated heterocycles. The minimum absolute atomic E-state index is 0.00144. The van der Waals surface area contributed by atoms with Crippen LogP contribution in [0.15, 0.2) is 64.6 Å². The van der Waals surface area contributed by atoms with Crippen LogP contribution in [0.4, 0.5) is 5.69 Å². The van der Waals surface area contributed by atoms with Gasteiger partial charge in [-0.15, -0.1) is 11.3 Å². The molecule has 0 atom stereocenters. The summed E-state index contributed by atoms with van der Waals surface area (Å²) < 4.78 is 5.45. The van der Waals surface area contributed by atoms with Crippen LogP contribution in [0.5, 0.6) is 0 Å². The summed E-state index contributed by atoms with van der Waals surface area (Å²) in [7, 11) is 0. The van der Waals surface area contributed by atoms with Gasteiger partial charge in [-0.2, -0.15) is 0 Å². The van der Waals surface area contributed by atoms with Crippen LogP contribution in [0.2, 0.25) is 0 Å². The molecule has 0 aliphatic carbocycles. The van der Waals surface area contributed by atoms with E-state index in [0.29, 0.717) is 37.4 Å². The molecule has 0 spiro atoms. The van der Waals surface area contributed by atoms with Crippen LogP contribution in [0.3, 0.4) is 0 Å². The number of anilines is 1. The summed E-state index contributed by atoms with van der Waals surface area (Å²) in [5.74, 6) is 0.706. The van der Waals surface area contributed by atoms with E-state index >= 15 is 0 Å². The molecular weight excluding hydrogens is 398 g/mol. The van der Waals surface area contributed by atoms with Crippen molar-refractivity contribution in [2.45, 2.75) is 26.9 Å². The van der Waals surface area contributed by atoms with Crippen LogP contribution < -0.4 is 5.32 Å². The summed E-state index contributed by atoms with van der Waals surface area (Å²) in [4.78, 5) is 30.1. The molecule has 7 heteroatoms. The number of furan rings is 1. The first kappa shape index (κ1) is 21.8. The topological polar surface area (TPSA) is 65.8 Å². The van der Waals surface area contributed by atoms with Gasteiger partial charge in [0.15, 0.2) is 0 Å². The highest BCUT2D eigenvalue weighted by Gasteiger charge is 2.15. The molecule has 30 heavy (non-hydrogen) atoms. The normalized spacial score (nSPS) is 10.9. The van der Waals surface area contributed by atoms with Crippen LogP contribution >= 0.6 is 11.3 Å². The van der Waals surface area contributed by atoms with Gasteiger partial charge in [0.05, 0.1) is 19.4 Å². The molecule has 0 fully saturated rings. The zero-order valence-electron chi connectivity index (χ0n) is 17.3. The highest BCUT2D eigenvalue weighted by Crippen LogP contribution is 2.16. The fraction of sp³-hybridized carbons (Fsp3) is 0.304. The number of benzene rings is 1. The SMILES string of the molecule is CCN(CC)C(=O)c1ccc(NC(=O)CN(Cc2ccco2)Cc2cccs2)cc1. The molecule has 3 rings (SSSR count). The third kappa shape index (κ3) is 6.05. The molecule has 2 heterocycles. The van der Waals surface area contributed by atoms with Crippen LogP contribution in [-0.4, -0.2) is 41.2 Å². The summed E-state index contributed by atoms with van der Waals surface area (Å²) in [5.41, 5.74) is 1.29. The van der Waals surface area contributed by atoms with Crippen molar-refractivity contribution < 1.29 is 14.0 Å². The Balaban J connectivity index is 1.61. The van der Waals surface area contributed by atoms with Crippen LogP contribution in [0.25, 0.3) is 0 Å². The minimum atomic E-state index is -0.110. The molecule has 0 saturated carbocycles. The van der Waals surface area contributed by atoms with Gasteiger partial charge in [0.25, 0.3) is 5.91 Å². The molecule has 0 aliphatic rings. The largest absolute Gasteiger partial charge is 0.468 e.